The van der Waals surface area contributed by atoms with Crippen LogP contribution in [0.4, 0.5) is 8.78 Å². The molecule has 1 aliphatic heterocycles. The molecule has 5 rings (SSSR count). The number of carbonyl (C=O) groups excluding carboxylic acids is 1. The second-order valence-electron chi connectivity index (χ2n) is 9.42. The summed E-state index contributed by atoms with van der Waals surface area (Å²) in [6.07, 6.45) is 2.56. The molecule has 0 aliphatic carbocycles. The maximum Gasteiger partial charge on any atom is 0.275 e. The van der Waals surface area contributed by atoms with E-state index in [1.807, 2.05) is 39.0 Å². The van der Waals surface area contributed by atoms with Crippen LogP contribution in [0.1, 0.15) is 58.4 Å². The molecule has 1 fully saturated rings. The maximum absolute atomic E-state index is 14.4. The molecular formula is C28H27F2N5O3S. The van der Waals surface area contributed by atoms with Gasteiger partial charge in [0.2, 0.25) is 5.88 Å². The largest absolute Gasteiger partial charge is 0.493 e. The number of rotatable bonds is 6. The van der Waals surface area contributed by atoms with E-state index in [0.29, 0.717) is 30.6 Å². The summed E-state index contributed by atoms with van der Waals surface area (Å²) < 4.78 is 29.1. The van der Waals surface area contributed by atoms with E-state index in [1.54, 1.807) is 5.38 Å². The summed E-state index contributed by atoms with van der Waals surface area (Å²) in [4.78, 5) is 41.9. The zero-order valence-corrected chi connectivity index (χ0v) is 22.6. The molecule has 8 nitrogen and oxygen atoms in total. The summed E-state index contributed by atoms with van der Waals surface area (Å²) in [6, 6.07) is 6.52. The van der Waals surface area contributed by atoms with Crippen LogP contribution in [0, 0.1) is 18.6 Å². The van der Waals surface area contributed by atoms with Crippen LogP contribution in [-0.2, 0) is 12.8 Å². The van der Waals surface area contributed by atoms with Crippen LogP contribution in [0.3, 0.4) is 0 Å². The van der Waals surface area contributed by atoms with Gasteiger partial charge in [0.05, 0.1) is 22.6 Å². The molecule has 0 radical (unpaired) electrons. The Hall–Kier alpha value is -3.99. The number of halogens is 2. The molecule has 1 aliphatic rings. The van der Waals surface area contributed by atoms with Crippen LogP contribution >= 0.6 is 11.3 Å². The summed E-state index contributed by atoms with van der Waals surface area (Å²) >= 11 is 1.38. The maximum atomic E-state index is 14.4. The van der Waals surface area contributed by atoms with E-state index < -0.39 is 40.5 Å². The average molecular weight is 552 g/mol. The molecule has 1 aromatic carbocycles. The number of nitrogens with zero attached hydrogens (tertiary/aromatic N) is 5. The van der Waals surface area contributed by atoms with Gasteiger partial charge in [-0.05, 0) is 37.3 Å². The van der Waals surface area contributed by atoms with Gasteiger partial charge in [0.15, 0.2) is 11.4 Å². The Balaban J connectivity index is 1.63. The predicted molar refractivity (Wildman–Crippen MR) is 144 cm³/mol. The number of amides is 1. The fraction of sp³-hybridized carbons (Fsp3) is 0.321. The number of carbonyl (C=O) groups is 1. The third kappa shape index (κ3) is 4.82. The summed E-state index contributed by atoms with van der Waals surface area (Å²) in [5.74, 6) is -3.30. The van der Waals surface area contributed by atoms with E-state index in [0.717, 1.165) is 28.4 Å². The van der Waals surface area contributed by atoms with E-state index >= 15 is 0 Å². The number of hydrogen-bond acceptors (Lipinski definition) is 7. The molecular weight excluding hydrogens is 524 g/mol. The second kappa shape index (κ2) is 10.6. The van der Waals surface area contributed by atoms with E-state index in [4.69, 9.17) is 0 Å². The van der Waals surface area contributed by atoms with Crippen molar-refractivity contribution in [2.75, 3.05) is 13.1 Å². The van der Waals surface area contributed by atoms with Crippen molar-refractivity contribution in [2.45, 2.75) is 46.0 Å². The first-order valence-corrected chi connectivity index (χ1v) is 13.6. The summed E-state index contributed by atoms with van der Waals surface area (Å²) in [7, 11) is 0. The standard InChI is InChI=1S/C28H27F2N5O3S/c1-4-16-7-6-8-17(5-2)24(16)35-25(21-14-39-15(3)32-21)33-26(36)22(28(35)38)27(37)34-10-9-18(13-34)23-20(30)11-19(29)12-31-23/h6-8,11-12,14,18,36H,4-5,9-10,13H2,1-3H3. The lowest BCUT2D eigenvalue weighted by Crippen LogP contribution is -2.36. The monoisotopic (exact) mass is 551 g/mol. The van der Waals surface area contributed by atoms with Crippen molar-refractivity contribution in [3.63, 3.8) is 0 Å². The Kier molecular flexibility index (Phi) is 7.26. The Morgan fingerprint density at radius 1 is 1.18 bits per heavy atom. The topological polar surface area (TPSA) is 101 Å². The van der Waals surface area contributed by atoms with Crippen LogP contribution in [0.25, 0.3) is 17.2 Å². The quantitative estimate of drug-likeness (QED) is 0.370. The smallest absolute Gasteiger partial charge is 0.275 e. The third-order valence-corrected chi connectivity index (χ3v) is 7.79. The molecule has 3 aromatic heterocycles. The normalized spacial score (nSPS) is 15.2. The van der Waals surface area contributed by atoms with Crippen molar-refractivity contribution >= 4 is 17.2 Å². The van der Waals surface area contributed by atoms with Gasteiger partial charge in [-0.15, -0.1) is 11.3 Å². The lowest BCUT2D eigenvalue weighted by molar-refractivity contribution is 0.0784. The minimum Gasteiger partial charge on any atom is -0.493 e. The van der Waals surface area contributed by atoms with Gasteiger partial charge < -0.3 is 10.0 Å². The highest BCUT2D eigenvalue weighted by atomic mass is 32.1. The first-order valence-electron chi connectivity index (χ1n) is 12.7. The number of para-hydroxylation sites is 1. The van der Waals surface area contributed by atoms with E-state index in [9.17, 15) is 23.5 Å². The van der Waals surface area contributed by atoms with Gasteiger partial charge in [-0.2, -0.15) is 4.98 Å². The molecule has 1 saturated heterocycles. The van der Waals surface area contributed by atoms with Crippen LogP contribution < -0.4 is 5.56 Å². The highest BCUT2D eigenvalue weighted by Crippen LogP contribution is 2.32. The number of benzene rings is 1. The van der Waals surface area contributed by atoms with Crippen LogP contribution in [0.15, 0.2) is 40.6 Å². The number of likely N-dealkylation sites (tertiary alicyclic amines) is 1. The summed E-state index contributed by atoms with van der Waals surface area (Å²) in [5, 5.41) is 13.5. The van der Waals surface area contributed by atoms with Crippen molar-refractivity contribution < 1.29 is 18.7 Å². The van der Waals surface area contributed by atoms with E-state index in [-0.39, 0.29) is 24.6 Å². The number of aryl methyl sites for hydroxylation is 3. The van der Waals surface area contributed by atoms with E-state index in [2.05, 4.69) is 15.0 Å². The molecule has 0 bridgehead atoms. The fourth-order valence-electron chi connectivity index (χ4n) is 5.10. The van der Waals surface area contributed by atoms with Crippen molar-refractivity contribution in [2.24, 2.45) is 0 Å². The second-order valence-corrected chi connectivity index (χ2v) is 10.5. The van der Waals surface area contributed by atoms with Gasteiger partial charge in [-0.1, -0.05) is 32.0 Å². The van der Waals surface area contributed by atoms with Crippen molar-refractivity contribution in [1.82, 2.24) is 24.4 Å². The number of aromatic nitrogens is 4. The van der Waals surface area contributed by atoms with Gasteiger partial charge in [-0.3, -0.25) is 19.1 Å². The highest BCUT2D eigenvalue weighted by Gasteiger charge is 2.35. The van der Waals surface area contributed by atoms with Crippen molar-refractivity contribution in [3.05, 3.63) is 85.2 Å². The van der Waals surface area contributed by atoms with Gasteiger partial charge in [-0.25, -0.2) is 13.8 Å². The predicted octanol–water partition coefficient (Wildman–Crippen LogP) is 4.80. The first-order chi connectivity index (χ1) is 18.7. The van der Waals surface area contributed by atoms with Crippen LogP contribution in [-0.4, -0.2) is 48.5 Å². The van der Waals surface area contributed by atoms with Gasteiger partial charge in [0, 0.05) is 30.5 Å². The number of hydrogen-bond donors (Lipinski definition) is 1. The molecule has 1 amide bonds. The molecule has 202 valence electrons. The van der Waals surface area contributed by atoms with Gasteiger partial charge in [0.25, 0.3) is 11.5 Å². The third-order valence-electron chi connectivity index (χ3n) is 7.01. The minimum atomic E-state index is -0.785. The molecule has 1 atom stereocenters. The molecule has 0 saturated carbocycles. The lowest BCUT2D eigenvalue weighted by Gasteiger charge is -2.21. The van der Waals surface area contributed by atoms with Crippen LogP contribution in [0.2, 0.25) is 0 Å². The zero-order valence-electron chi connectivity index (χ0n) is 21.7. The molecule has 39 heavy (non-hydrogen) atoms. The lowest BCUT2D eigenvalue weighted by atomic mass is 10.0. The van der Waals surface area contributed by atoms with Crippen molar-refractivity contribution in [1.29, 1.82) is 0 Å². The average Bonchev–Trinajstić information content (AvgIpc) is 3.57. The summed E-state index contributed by atoms with van der Waals surface area (Å²) in [5.41, 5.74) is 1.68. The fourth-order valence-corrected chi connectivity index (χ4v) is 5.69. The van der Waals surface area contributed by atoms with Gasteiger partial charge >= 0.3 is 0 Å². The van der Waals surface area contributed by atoms with Crippen molar-refractivity contribution in [3.8, 4) is 23.1 Å². The van der Waals surface area contributed by atoms with Gasteiger partial charge in [0.1, 0.15) is 17.3 Å². The molecule has 11 heteroatoms. The minimum absolute atomic E-state index is 0.0603. The number of aromatic hydroxyl groups is 1. The summed E-state index contributed by atoms with van der Waals surface area (Å²) in [6.45, 7) is 6.05. The SMILES string of the molecule is CCc1cccc(CC)c1-n1c(-c2csc(C)n2)nc(O)c(C(=O)N2CCC(c3ncc(F)cc3F)C2)c1=O. The van der Waals surface area contributed by atoms with E-state index in [1.165, 1.54) is 20.8 Å². The Bertz CT molecular complexity index is 1610. The molecule has 0 spiro atoms. The molecule has 1 N–H and O–H groups in total. The first kappa shape index (κ1) is 26.6. The molecule has 4 aromatic rings. The highest BCUT2D eigenvalue weighted by molar-refractivity contribution is 7.09. The van der Waals surface area contributed by atoms with Crippen LogP contribution in [0.5, 0.6) is 5.88 Å². The Morgan fingerprint density at radius 2 is 1.90 bits per heavy atom. The molecule has 4 heterocycles. The Morgan fingerprint density at radius 3 is 2.51 bits per heavy atom. The number of thiazole rings is 1. The number of pyridine rings is 1. The molecule has 1 unspecified atom stereocenters. The Labute approximate surface area is 227 Å². The zero-order chi connectivity index (χ0) is 27.8.